The molecule has 2 fully saturated rings. The molecule has 0 aliphatic carbocycles. The number of esters is 1. The van der Waals surface area contributed by atoms with E-state index in [-0.39, 0.29) is 29.8 Å². The van der Waals surface area contributed by atoms with Gasteiger partial charge in [0.2, 0.25) is 5.91 Å². The Bertz CT molecular complexity index is 465. The zero-order chi connectivity index (χ0) is 17.7. The lowest BCUT2D eigenvalue weighted by Gasteiger charge is -2.47. The number of hydrogen-bond donors (Lipinski definition) is 0. The molecule has 1 spiro atoms. The maximum atomic E-state index is 12.5. The Morgan fingerprint density at radius 2 is 2.00 bits per heavy atom. The molecule has 2 rings (SSSR count). The molecule has 1 unspecified atom stereocenters. The summed E-state index contributed by atoms with van der Waals surface area (Å²) in [6, 6.07) is 0. The molecule has 0 aromatic carbocycles. The molecule has 136 valence electrons. The molecule has 2 saturated heterocycles. The summed E-state index contributed by atoms with van der Waals surface area (Å²) in [5.41, 5.74) is -0.386. The molecule has 1 atom stereocenters. The van der Waals surface area contributed by atoms with Gasteiger partial charge in [-0.05, 0) is 18.8 Å². The van der Waals surface area contributed by atoms with Gasteiger partial charge in [-0.25, -0.2) is 0 Å². The van der Waals surface area contributed by atoms with Crippen LogP contribution in [0.3, 0.4) is 0 Å². The molecule has 0 aromatic rings. The first-order valence-corrected chi connectivity index (χ1v) is 9.23. The third kappa shape index (κ3) is 3.51. The van der Waals surface area contributed by atoms with Crippen LogP contribution in [0.25, 0.3) is 0 Å². The molecule has 0 aromatic heterocycles. The van der Waals surface area contributed by atoms with Crippen molar-refractivity contribution in [2.45, 2.75) is 51.5 Å². The molecule has 1 amide bonds. The number of likely N-dealkylation sites (tertiary alicyclic amines) is 2. The van der Waals surface area contributed by atoms with Crippen molar-refractivity contribution in [3.05, 3.63) is 12.7 Å². The van der Waals surface area contributed by atoms with E-state index in [4.69, 9.17) is 4.74 Å². The lowest BCUT2D eigenvalue weighted by molar-refractivity contribution is -0.150. The first-order valence-electron chi connectivity index (χ1n) is 9.23. The number of ether oxygens (including phenoxy) is 1. The SMILES string of the molecule is C=CCN1C(=O)CC(C(=O)OC)C12CCN(CC(CC)CC)CC2. The number of hydrogen-bond acceptors (Lipinski definition) is 4. The summed E-state index contributed by atoms with van der Waals surface area (Å²) in [4.78, 5) is 29.1. The summed E-state index contributed by atoms with van der Waals surface area (Å²) < 4.78 is 5.01. The standard InChI is InChI=1S/C19H32N2O3/c1-5-10-21-17(22)13-16(18(23)24-4)19(21)8-11-20(12-9-19)14-15(6-2)7-3/h5,15-16H,1,6-14H2,2-4H3. The fraction of sp³-hybridized carbons (Fsp3) is 0.789. The van der Waals surface area contributed by atoms with Gasteiger partial charge in [0.1, 0.15) is 0 Å². The molecule has 2 heterocycles. The van der Waals surface area contributed by atoms with Crippen LogP contribution in [0.1, 0.15) is 46.0 Å². The number of amides is 1. The van der Waals surface area contributed by atoms with Crippen molar-refractivity contribution in [2.75, 3.05) is 33.3 Å². The second kappa shape index (κ2) is 8.15. The Hall–Kier alpha value is -1.36. The van der Waals surface area contributed by atoms with Gasteiger partial charge in [-0.3, -0.25) is 9.59 Å². The minimum absolute atomic E-state index is 0.0544. The van der Waals surface area contributed by atoms with Crippen LogP contribution in [0, 0.1) is 11.8 Å². The number of methoxy groups -OCH3 is 1. The second-order valence-electron chi connectivity index (χ2n) is 7.16. The minimum Gasteiger partial charge on any atom is -0.469 e. The van der Waals surface area contributed by atoms with Gasteiger partial charge < -0.3 is 14.5 Å². The van der Waals surface area contributed by atoms with Gasteiger partial charge in [-0.15, -0.1) is 6.58 Å². The summed E-state index contributed by atoms with van der Waals surface area (Å²) in [6.45, 7) is 11.8. The van der Waals surface area contributed by atoms with E-state index in [1.54, 1.807) is 6.08 Å². The molecule has 24 heavy (non-hydrogen) atoms. The third-order valence-corrected chi connectivity index (χ3v) is 6.06. The van der Waals surface area contributed by atoms with Crippen LogP contribution in [0.2, 0.25) is 0 Å². The molecule has 5 nitrogen and oxygen atoms in total. The zero-order valence-electron chi connectivity index (χ0n) is 15.4. The van der Waals surface area contributed by atoms with E-state index < -0.39 is 0 Å². The van der Waals surface area contributed by atoms with Crippen LogP contribution >= 0.6 is 0 Å². The lowest BCUT2D eigenvalue weighted by Crippen LogP contribution is -2.57. The molecule has 2 aliphatic heterocycles. The van der Waals surface area contributed by atoms with Crippen LogP contribution < -0.4 is 0 Å². The monoisotopic (exact) mass is 336 g/mol. The number of rotatable bonds is 7. The summed E-state index contributed by atoms with van der Waals surface area (Å²) in [7, 11) is 1.42. The van der Waals surface area contributed by atoms with Gasteiger partial charge in [0, 0.05) is 32.6 Å². The summed E-state index contributed by atoms with van der Waals surface area (Å²) in [6.07, 6.45) is 6.11. The lowest BCUT2D eigenvalue weighted by atomic mass is 9.76. The molecule has 0 radical (unpaired) electrons. The van der Waals surface area contributed by atoms with Gasteiger partial charge in [0.05, 0.1) is 18.6 Å². The predicted octanol–water partition coefficient (Wildman–Crippen LogP) is 2.46. The van der Waals surface area contributed by atoms with Crippen LogP contribution in [-0.4, -0.2) is 60.5 Å². The largest absolute Gasteiger partial charge is 0.469 e. The maximum absolute atomic E-state index is 12.5. The average Bonchev–Trinajstić information content (AvgIpc) is 2.87. The van der Waals surface area contributed by atoms with Crippen molar-refractivity contribution < 1.29 is 14.3 Å². The normalized spacial score (nSPS) is 23.9. The van der Waals surface area contributed by atoms with E-state index in [2.05, 4.69) is 25.3 Å². The molecule has 2 aliphatic rings. The number of carbonyl (C=O) groups excluding carboxylic acids is 2. The van der Waals surface area contributed by atoms with Crippen molar-refractivity contribution in [2.24, 2.45) is 11.8 Å². The van der Waals surface area contributed by atoms with Gasteiger partial charge in [0.25, 0.3) is 0 Å². The number of piperidine rings is 1. The molecule has 5 heteroatoms. The average molecular weight is 336 g/mol. The van der Waals surface area contributed by atoms with Gasteiger partial charge >= 0.3 is 5.97 Å². The minimum atomic E-state index is -0.386. The van der Waals surface area contributed by atoms with Crippen molar-refractivity contribution in [1.82, 2.24) is 9.80 Å². The molecular weight excluding hydrogens is 304 g/mol. The number of carbonyl (C=O) groups is 2. The van der Waals surface area contributed by atoms with E-state index in [9.17, 15) is 9.59 Å². The maximum Gasteiger partial charge on any atom is 0.311 e. The fourth-order valence-corrected chi connectivity index (χ4v) is 4.42. The van der Waals surface area contributed by atoms with Crippen LogP contribution in [0.15, 0.2) is 12.7 Å². The Labute approximate surface area is 146 Å². The van der Waals surface area contributed by atoms with Crippen molar-refractivity contribution in [3.8, 4) is 0 Å². The highest BCUT2D eigenvalue weighted by Gasteiger charge is 2.56. The summed E-state index contributed by atoms with van der Waals surface area (Å²) >= 11 is 0. The van der Waals surface area contributed by atoms with E-state index in [0.29, 0.717) is 6.54 Å². The van der Waals surface area contributed by atoms with Crippen molar-refractivity contribution >= 4 is 11.9 Å². The van der Waals surface area contributed by atoms with E-state index in [0.717, 1.165) is 38.4 Å². The van der Waals surface area contributed by atoms with Crippen molar-refractivity contribution in [3.63, 3.8) is 0 Å². The van der Waals surface area contributed by atoms with Gasteiger partial charge in [0.15, 0.2) is 0 Å². The Kier molecular flexibility index (Phi) is 6.44. The highest BCUT2D eigenvalue weighted by Crippen LogP contribution is 2.44. The quantitative estimate of drug-likeness (QED) is 0.529. The number of nitrogens with zero attached hydrogens (tertiary/aromatic N) is 2. The first-order chi connectivity index (χ1) is 11.5. The summed E-state index contributed by atoms with van der Waals surface area (Å²) in [5.74, 6) is 0.192. The molecule has 0 N–H and O–H groups in total. The van der Waals surface area contributed by atoms with E-state index in [1.807, 2.05) is 4.90 Å². The smallest absolute Gasteiger partial charge is 0.311 e. The highest BCUT2D eigenvalue weighted by atomic mass is 16.5. The second-order valence-corrected chi connectivity index (χ2v) is 7.16. The topological polar surface area (TPSA) is 49.9 Å². The fourth-order valence-electron chi connectivity index (χ4n) is 4.42. The zero-order valence-corrected chi connectivity index (χ0v) is 15.4. The third-order valence-electron chi connectivity index (χ3n) is 6.06. The predicted molar refractivity (Wildman–Crippen MR) is 94.5 cm³/mol. The molecule has 0 saturated carbocycles. The van der Waals surface area contributed by atoms with E-state index in [1.165, 1.54) is 20.0 Å². The molecule has 0 bridgehead atoms. The Balaban J connectivity index is 2.14. The van der Waals surface area contributed by atoms with Gasteiger partial charge in [-0.2, -0.15) is 0 Å². The van der Waals surface area contributed by atoms with E-state index >= 15 is 0 Å². The Morgan fingerprint density at radius 3 is 2.50 bits per heavy atom. The van der Waals surface area contributed by atoms with Gasteiger partial charge in [-0.1, -0.05) is 32.8 Å². The first kappa shape index (κ1) is 19.0. The van der Waals surface area contributed by atoms with Crippen LogP contribution in [0.5, 0.6) is 0 Å². The highest BCUT2D eigenvalue weighted by molar-refractivity contribution is 5.89. The van der Waals surface area contributed by atoms with Crippen LogP contribution in [0.4, 0.5) is 0 Å². The summed E-state index contributed by atoms with van der Waals surface area (Å²) in [5, 5.41) is 0. The van der Waals surface area contributed by atoms with Crippen LogP contribution in [-0.2, 0) is 14.3 Å². The van der Waals surface area contributed by atoms with Crippen molar-refractivity contribution in [1.29, 1.82) is 0 Å². The Morgan fingerprint density at radius 1 is 1.38 bits per heavy atom. The molecular formula is C19H32N2O3.